The second kappa shape index (κ2) is 7.03. The van der Waals surface area contributed by atoms with Crippen molar-refractivity contribution in [2.45, 2.75) is 39.7 Å². The van der Waals surface area contributed by atoms with Crippen LogP contribution in [0.4, 0.5) is 4.79 Å². The Bertz CT molecular complexity index is 657. The summed E-state index contributed by atoms with van der Waals surface area (Å²) in [7, 11) is 0. The standard InChI is InChI=1S/C18H25N3O3/c1-12(2)18(4)16(23)21(17(24)20-18)11-15(22)19-10-9-14-8-6-5-7-13(14)3/h5-8,12H,9-11H2,1-4H3,(H,19,22)(H,20,24). The maximum absolute atomic E-state index is 12.4. The zero-order chi connectivity index (χ0) is 17.9. The molecule has 1 aromatic rings. The summed E-state index contributed by atoms with van der Waals surface area (Å²) in [5, 5.41) is 5.45. The molecule has 0 saturated carbocycles. The Hall–Kier alpha value is -2.37. The maximum atomic E-state index is 12.4. The van der Waals surface area contributed by atoms with Gasteiger partial charge in [0.1, 0.15) is 12.1 Å². The zero-order valence-corrected chi connectivity index (χ0v) is 14.7. The van der Waals surface area contributed by atoms with Crippen molar-refractivity contribution in [1.82, 2.24) is 15.5 Å². The van der Waals surface area contributed by atoms with Crippen LogP contribution in [0.25, 0.3) is 0 Å². The number of hydrogen-bond donors (Lipinski definition) is 2. The predicted molar refractivity (Wildman–Crippen MR) is 91.4 cm³/mol. The minimum absolute atomic E-state index is 0.0527. The molecule has 1 saturated heterocycles. The average molecular weight is 331 g/mol. The van der Waals surface area contributed by atoms with Gasteiger partial charge in [-0.2, -0.15) is 0 Å². The molecule has 0 radical (unpaired) electrons. The van der Waals surface area contributed by atoms with Crippen LogP contribution in [-0.4, -0.2) is 41.4 Å². The molecule has 1 atom stereocenters. The molecule has 0 aromatic heterocycles. The molecule has 24 heavy (non-hydrogen) atoms. The number of carbonyl (C=O) groups excluding carboxylic acids is 3. The number of nitrogens with one attached hydrogen (secondary N) is 2. The molecule has 6 nitrogen and oxygen atoms in total. The summed E-state index contributed by atoms with van der Waals surface area (Å²) in [4.78, 5) is 37.5. The summed E-state index contributed by atoms with van der Waals surface area (Å²) in [6, 6.07) is 7.47. The third-order valence-electron chi connectivity index (χ3n) is 4.74. The Kier molecular flexibility index (Phi) is 5.26. The van der Waals surface area contributed by atoms with Crippen LogP contribution in [0.3, 0.4) is 0 Å². The Morgan fingerprint density at radius 3 is 2.54 bits per heavy atom. The van der Waals surface area contributed by atoms with Crippen molar-refractivity contribution >= 4 is 17.8 Å². The van der Waals surface area contributed by atoms with Gasteiger partial charge in [-0.3, -0.25) is 14.5 Å². The molecule has 1 aliphatic heterocycles. The van der Waals surface area contributed by atoms with Crippen LogP contribution in [0, 0.1) is 12.8 Å². The van der Waals surface area contributed by atoms with E-state index in [-0.39, 0.29) is 24.3 Å². The monoisotopic (exact) mass is 331 g/mol. The molecular weight excluding hydrogens is 306 g/mol. The van der Waals surface area contributed by atoms with E-state index < -0.39 is 11.6 Å². The summed E-state index contributed by atoms with van der Waals surface area (Å²) in [5.41, 5.74) is 1.40. The van der Waals surface area contributed by atoms with E-state index in [9.17, 15) is 14.4 Å². The fraction of sp³-hybridized carbons (Fsp3) is 0.500. The smallest absolute Gasteiger partial charge is 0.325 e. The number of hydrogen-bond acceptors (Lipinski definition) is 3. The zero-order valence-electron chi connectivity index (χ0n) is 14.7. The molecule has 1 aromatic carbocycles. The molecular formula is C18H25N3O3. The molecule has 1 heterocycles. The summed E-state index contributed by atoms with van der Waals surface area (Å²) in [6.07, 6.45) is 0.711. The fourth-order valence-corrected chi connectivity index (χ4v) is 2.68. The first-order chi connectivity index (χ1) is 11.3. The van der Waals surface area contributed by atoms with E-state index >= 15 is 0 Å². The van der Waals surface area contributed by atoms with Gasteiger partial charge in [0.2, 0.25) is 5.91 Å². The normalized spacial score (nSPS) is 20.5. The molecule has 2 rings (SSSR count). The second-order valence-electron chi connectivity index (χ2n) is 6.70. The quantitative estimate of drug-likeness (QED) is 0.778. The highest BCUT2D eigenvalue weighted by Crippen LogP contribution is 2.25. The molecule has 6 heteroatoms. The number of rotatable bonds is 6. The van der Waals surface area contributed by atoms with E-state index in [0.717, 1.165) is 4.90 Å². The van der Waals surface area contributed by atoms with Crippen LogP contribution in [0.2, 0.25) is 0 Å². The Labute approximate surface area is 142 Å². The minimum atomic E-state index is -0.946. The Morgan fingerprint density at radius 2 is 1.96 bits per heavy atom. The van der Waals surface area contributed by atoms with Crippen LogP contribution in [0.15, 0.2) is 24.3 Å². The summed E-state index contributed by atoms with van der Waals surface area (Å²) >= 11 is 0. The van der Waals surface area contributed by atoms with Gasteiger partial charge in [-0.25, -0.2) is 4.79 Å². The summed E-state index contributed by atoms with van der Waals surface area (Å²) in [5.74, 6) is -0.736. The van der Waals surface area contributed by atoms with Crippen molar-refractivity contribution in [2.24, 2.45) is 5.92 Å². The van der Waals surface area contributed by atoms with Gasteiger partial charge in [0.05, 0.1) is 0 Å². The van der Waals surface area contributed by atoms with Crippen molar-refractivity contribution in [2.75, 3.05) is 13.1 Å². The number of benzene rings is 1. The second-order valence-corrected chi connectivity index (χ2v) is 6.70. The van der Waals surface area contributed by atoms with Crippen molar-refractivity contribution in [3.63, 3.8) is 0 Å². The molecule has 130 valence electrons. The van der Waals surface area contributed by atoms with Gasteiger partial charge in [-0.1, -0.05) is 38.1 Å². The van der Waals surface area contributed by atoms with Gasteiger partial charge in [0.25, 0.3) is 5.91 Å². The lowest BCUT2D eigenvalue weighted by Gasteiger charge is -2.25. The minimum Gasteiger partial charge on any atom is -0.354 e. The first kappa shape index (κ1) is 18.0. The molecule has 1 fully saturated rings. The SMILES string of the molecule is Cc1ccccc1CCNC(=O)CN1C(=O)NC(C)(C(C)C)C1=O. The Morgan fingerprint density at radius 1 is 1.29 bits per heavy atom. The van der Waals surface area contributed by atoms with E-state index in [2.05, 4.69) is 10.6 Å². The lowest BCUT2D eigenvalue weighted by Crippen LogP contribution is -2.49. The van der Waals surface area contributed by atoms with Crippen LogP contribution in [0.1, 0.15) is 31.9 Å². The van der Waals surface area contributed by atoms with Crippen molar-refractivity contribution in [3.05, 3.63) is 35.4 Å². The van der Waals surface area contributed by atoms with Crippen LogP contribution >= 0.6 is 0 Å². The summed E-state index contributed by atoms with van der Waals surface area (Å²) in [6.45, 7) is 7.66. The highest BCUT2D eigenvalue weighted by atomic mass is 16.2. The average Bonchev–Trinajstić information content (AvgIpc) is 2.74. The first-order valence-corrected chi connectivity index (χ1v) is 8.21. The van der Waals surface area contributed by atoms with Gasteiger partial charge in [0, 0.05) is 6.54 Å². The largest absolute Gasteiger partial charge is 0.354 e. The van der Waals surface area contributed by atoms with Gasteiger partial charge in [-0.05, 0) is 37.3 Å². The molecule has 4 amide bonds. The molecule has 0 bridgehead atoms. The number of carbonyl (C=O) groups is 3. The van der Waals surface area contributed by atoms with E-state index in [1.54, 1.807) is 6.92 Å². The topological polar surface area (TPSA) is 78.5 Å². The highest BCUT2D eigenvalue weighted by Gasteiger charge is 2.50. The molecule has 2 N–H and O–H groups in total. The first-order valence-electron chi connectivity index (χ1n) is 8.21. The van der Waals surface area contributed by atoms with Crippen LogP contribution < -0.4 is 10.6 Å². The molecule has 0 aliphatic carbocycles. The third kappa shape index (κ3) is 3.58. The van der Waals surface area contributed by atoms with Gasteiger partial charge in [-0.15, -0.1) is 0 Å². The number of aryl methyl sites for hydroxylation is 1. The molecule has 1 unspecified atom stereocenters. The highest BCUT2D eigenvalue weighted by molar-refractivity contribution is 6.08. The van der Waals surface area contributed by atoms with Crippen LogP contribution in [-0.2, 0) is 16.0 Å². The Balaban J connectivity index is 1.88. The van der Waals surface area contributed by atoms with Gasteiger partial charge >= 0.3 is 6.03 Å². The number of nitrogens with zero attached hydrogens (tertiary/aromatic N) is 1. The van der Waals surface area contributed by atoms with E-state index in [4.69, 9.17) is 0 Å². The molecule has 0 spiro atoms. The van der Waals surface area contributed by atoms with E-state index in [1.165, 1.54) is 11.1 Å². The number of amides is 4. The van der Waals surface area contributed by atoms with Crippen molar-refractivity contribution in [3.8, 4) is 0 Å². The van der Waals surface area contributed by atoms with Gasteiger partial charge < -0.3 is 10.6 Å². The number of imide groups is 1. The van der Waals surface area contributed by atoms with E-state index in [0.29, 0.717) is 13.0 Å². The third-order valence-corrected chi connectivity index (χ3v) is 4.74. The lowest BCUT2D eigenvalue weighted by atomic mass is 9.88. The van der Waals surface area contributed by atoms with Gasteiger partial charge in [0.15, 0.2) is 0 Å². The maximum Gasteiger partial charge on any atom is 0.325 e. The van der Waals surface area contributed by atoms with E-state index in [1.807, 2.05) is 45.0 Å². The predicted octanol–water partition coefficient (Wildman–Crippen LogP) is 1.62. The number of urea groups is 1. The van der Waals surface area contributed by atoms with Crippen LogP contribution in [0.5, 0.6) is 0 Å². The van der Waals surface area contributed by atoms with Crippen molar-refractivity contribution < 1.29 is 14.4 Å². The molecule has 1 aliphatic rings. The fourth-order valence-electron chi connectivity index (χ4n) is 2.68. The van der Waals surface area contributed by atoms with Crippen molar-refractivity contribution in [1.29, 1.82) is 0 Å². The lowest BCUT2D eigenvalue weighted by molar-refractivity contribution is -0.135. The summed E-state index contributed by atoms with van der Waals surface area (Å²) < 4.78 is 0.